The zero-order valence-corrected chi connectivity index (χ0v) is 12.5. The average Bonchev–Trinajstić information content (AvgIpc) is 2.48. The second-order valence-corrected chi connectivity index (χ2v) is 5.76. The third-order valence-electron chi connectivity index (χ3n) is 4.45. The lowest BCUT2D eigenvalue weighted by Gasteiger charge is -2.42. The molecule has 0 radical (unpaired) electrons. The van der Waals surface area contributed by atoms with Crippen LogP contribution in [0.1, 0.15) is 19.8 Å². The van der Waals surface area contributed by atoms with E-state index in [0.717, 1.165) is 25.9 Å². The predicted octanol–water partition coefficient (Wildman–Crippen LogP) is -0.307. The Morgan fingerprint density at radius 3 is 2.15 bits per heavy atom. The fraction of sp³-hybridized carbons (Fsp3) is 0.857. The Hall–Kier alpha value is -1.14. The minimum Gasteiger partial charge on any atom is -0.384 e. The molecule has 0 aromatic carbocycles. The SMILES string of the molecule is COCC1(C(=O)N2CCN(C(C)=O)CC2)CCNCC1. The highest BCUT2D eigenvalue weighted by atomic mass is 16.5. The zero-order chi connectivity index (χ0) is 14.6. The summed E-state index contributed by atoms with van der Waals surface area (Å²) in [6.45, 7) is 6.35. The van der Waals surface area contributed by atoms with Crippen molar-refractivity contribution in [2.75, 3.05) is 53.0 Å². The molecule has 2 fully saturated rings. The molecule has 0 aliphatic carbocycles. The zero-order valence-electron chi connectivity index (χ0n) is 12.5. The highest BCUT2D eigenvalue weighted by molar-refractivity contribution is 5.83. The molecule has 0 bridgehead atoms. The first-order valence-corrected chi connectivity index (χ1v) is 7.34. The molecule has 6 nitrogen and oxygen atoms in total. The summed E-state index contributed by atoms with van der Waals surface area (Å²) in [6.07, 6.45) is 1.65. The summed E-state index contributed by atoms with van der Waals surface area (Å²) >= 11 is 0. The van der Waals surface area contributed by atoms with Crippen LogP contribution < -0.4 is 5.32 Å². The molecule has 0 saturated carbocycles. The van der Waals surface area contributed by atoms with Gasteiger partial charge in [0.25, 0.3) is 0 Å². The second kappa shape index (κ2) is 6.54. The average molecular weight is 283 g/mol. The molecule has 20 heavy (non-hydrogen) atoms. The molecule has 2 saturated heterocycles. The number of methoxy groups -OCH3 is 1. The van der Waals surface area contributed by atoms with Crippen molar-refractivity contribution in [3.63, 3.8) is 0 Å². The van der Waals surface area contributed by atoms with Crippen LogP contribution in [0.2, 0.25) is 0 Å². The van der Waals surface area contributed by atoms with Crippen molar-refractivity contribution in [3.05, 3.63) is 0 Å². The van der Waals surface area contributed by atoms with Gasteiger partial charge in [0, 0.05) is 40.2 Å². The Balaban J connectivity index is 2.00. The van der Waals surface area contributed by atoms with Crippen molar-refractivity contribution < 1.29 is 14.3 Å². The van der Waals surface area contributed by atoms with Crippen molar-refractivity contribution in [2.45, 2.75) is 19.8 Å². The van der Waals surface area contributed by atoms with E-state index in [0.29, 0.717) is 32.8 Å². The first kappa shape index (κ1) is 15.3. The van der Waals surface area contributed by atoms with Crippen molar-refractivity contribution in [2.24, 2.45) is 5.41 Å². The summed E-state index contributed by atoms with van der Waals surface area (Å²) in [4.78, 5) is 27.9. The summed E-state index contributed by atoms with van der Waals surface area (Å²) in [5.41, 5.74) is -0.377. The monoisotopic (exact) mass is 283 g/mol. The third kappa shape index (κ3) is 3.12. The number of hydrogen-bond acceptors (Lipinski definition) is 4. The summed E-state index contributed by atoms with van der Waals surface area (Å²) in [5, 5.41) is 3.30. The molecule has 2 heterocycles. The lowest BCUT2D eigenvalue weighted by Crippen LogP contribution is -2.57. The van der Waals surface area contributed by atoms with Crippen LogP contribution in [0, 0.1) is 5.41 Å². The van der Waals surface area contributed by atoms with Gasteiger partial charge < -0.3 is 19.9 Å². The van der Waals surface area contributed by atoms with Crippen molar-refractivity contribution in [1.82, 2.24) is 15.1 Å². The molecule has 0 spiro atoms. The Labute approximate surface area is 120 Å². The fourth-order valence-electron chi connectivity index (χ4n) is 3.16. The lowest BCUT2D eigenvalue weighted by atomic mass is 9.78. The topological polar surface area (TPSA) is 61.9 Å². The van der Waals surface area contributed by atoms with E-state index in [1.54, 1.807) is 18.9 Å². The maximum Gasteiger partial charge on any atom is 0.231 e. The number of ether oxygens (including phenoxy) is 1. The third-order valence-corrected chi connectivity index (χ3v) is 4.45. The van der Waals surface area contributed by atoms with Crippen LogP contribution in [0.5, 0.6) is 0 Å². The van der Waals surface area contributed by atoms with Crippen LogP contribution in [0.15, 0.2) is 0 Å². The van der Waals surface area contributed by atoms with E-state index in [9.17, 15) is 9.59 Å². The highest BCUT2D eigenvalue weighted by Crippen LogP contribution is 2.32. The number of carbonyl (C=O) groups is 2. The number of piperidine rings is 1. The van der Waals surface area contributed by atoms with Gasteiger partial charge in [-0.25, -0.2) is 0 Å². The van der Waals surface area contributed by atoms with Gasteiger partial charge in [-0.05, 0) is 25.9 Å². The van der Waals surface area contributed by atoms with Crippen LogP contribution in [0.3, 0.4) is 0 Å². The van der Waals surface area contributed by atoms with Gasteiger partial charge in [-0.2, -0.15) is 0 Å². The Morgan fingerprint density at radius 1 is 1.10 bits per heavy atom. The Bertz CT molecular complexity index is 353. The number of nitrogens with one attached hydrogen (secondary N) is 1. The molecule has 1 N–H and O–H groups in total. The van der Waals surface area contributed by atoms with Gasteiger partial charge in [-0.15, -0.1) is 0 Å². The van der Waals surface area contributed by atoms with Gasteiger partial charge in [-0.3, -0.25) is 9.59 Å². The maximum atomic E-state index is 12.9. The van der Waals surface area contributed by atoms with E-state index in [-0.39, 0.29) is 17.2 Å². The summed E-state index contributed by atoms with van der Waals surface area (Å²) in [5.74, 6) is 0.287. The molecule has 0 aromatic rings. The molecular weight excluding hydrogens is 258 g/mol. The Kier molecular flexibility index (Phi) is 4.99. The molecule has 2 amide bonds. The highest BCUT2D eigenvalue weighted by Gasteiger charge is 2.42. The number of piperazine rings is 1. The standard InChI is InChI=1S/C14H25N3O3/c1-12(18)16-7-9-17(10-8-16)13(19)14(11-20-2)3-5-15-6-4-14/h15H,3-11H2,1-2H3. The number of rotatable bonds is 3. The molecular formula is C14H25N3O3. The van der Waals surface area contributed by atoms with Gasteiger partial charge in [0.05, 0.1) is 12.0 Å². The van der Waals surface area contributed by atoms with Gasteiger partial charge >= 0.3 is 0 Å². The summed E-state index contributed by atoms with van der Waals surface area (Å²) < 4.78 is 5.32. The molecule has 0 aromatic heterocycles. The van der Waals surface area contributed by atoms with E-state index in [2.05, 4.69) is 5.32 Å². The molecule has 6 heteroatoms. The maximum absolute atomic E-state index is 12.9. The smallest absolute Gasteiger partial charge is 0.231 e. The van der Waals surface area contributed by atoms with Crippen LogP contribution in [0.25, 0.3) is 0 Å². The van der Waals surface area contributed by atoms with E-state index in [1.165, 1.54) is 0 Å². The fourth-order valence-corrected chi connectivity index (χ4v) is 3.16. The van der Waals surface area contributed by atoms with Gasteiger partial charge in [0.15, 0.2) is 0 Å². The molecule has 114 valence electrons. The minimum atomic E-state index is -0.377. The van der Waals surface area contributed by atoms with Crippen molar-refractivity contribution >= 4 is 11.8 Å². The number of nitrogens with zero attached hydrogens (tertiary/aromatic N) is 2. The quantitative estimate of drug-likeness (QED) is 0.772. The van der Waals surface area contributed by atoms with E-state index in [1.807, 2.05) is 4.90 Å². The lowest BCUT2D eigenvalue weighted by molar-refractivity contribution is -0.151. The van der Waals surface area contributed by atoms with E-state index in [4.69, 9.17) is 4.74 Å². The molecule has 2 rings (SSSR count). The molecule has 2 aliphatic rings. The minimum absolute atomic E-state index is 0.0885. The van der Waals surface area contributed by atoms with Crippen LogP contribution in [-0.2, 0) is 14.3 Å². The molecule has 2 aliphatic heterocycles. The number of hydrogen-bond donors (Lipinski definition) is 1. The largest absolute Gasteiger partial charge is 0.384 e. The predicted molar refractivity (Wildman–Crippen MR) is 75.2 cm³/mol. The van der Waals surface area contributed by atoms with Crippen molar-refractivity contribution in [1.29, 1.82) is 0 Å². The Morgan fingerprint density at radius 2 is 1.65 bits per heavy atom. The first-order chi connectivity index (χ1) is 9.59. The summed E-state index contributed by atoms with van der Waals surface area (Å²) in [6, 6.07) is 0. The van der Waals surface area contributed by atoms with Crippen LogP contribution in [-0.4, -0.2) is 74.6 Å². The second-order valence-electron chi connectivity index (χ2n) is 5.76. The normalized spacial score (nSPS) is 22.7. The summed E-state index contributed by atoms with van der Waals surface area (Å²) in [7, 11) is 1.66. The van der Waals surface area contributed by atoms with Gasteiger partial charge in [0.2, 0.25) is 11.8 Å². The number of amides is 2. The van der Waals surface area contributed by atoms with E-state index >= 15 is 0 Å². The number of carbonyl (C=O) groups excluding carboxylic acids is 2. The van der Waals surface area contributed by atoms with Crippen molar-refractivity contribution in [3.8, 4) is 0 Å². The van der Waals surface area contributed by atoms with Gasteiger partial charge in [-0.1, -0.05) is 0 Å². The molecule has 0 unspecified atom stereocenters. The molecule has 0 atom stereocenters. The van der Waals surface area contributed by atoms with Crippen LogP contribution >= 0.6 is 0 Å². The van der Waals surface area contributed by atoms with Crippen LogP contribution in [0.4, 0.5) is 0 Å². The van der Waals surface area contributed by atoms with Gasteiger partial charge in [0.1, 0.15) is 0 Å². The van der Waals surface area contributed by atoms with E-state index < -0.39 is 0 Å². The first-order valence-electron chi connectivity index (χ1n) is 7.34.